The fraction of sp³-hybridized carbons (Fsp3) is 0.545. The molecule has 0 atom stereocenters. The van der Waals surface area contributed by atoms with Crippen LogP contribution in [0.1, 0.15) is 24.8 Å². The van der Waals surface area contributed by atoms with E-state index in [0.29, 0.717) is 5.82 Å². The summed E-state index contributed by atoms with van der Waals surface area (Å²) in [6.45, 7) is 1.90. The second-order valence-corrected chi connectivity index (χ2v) is 4.27. The van der Waals surface area contributed by atoms with Gasteiger partial charge in [-0.15, -0.1) is 0 Å². The number of hydrogen-bond donors (Lipinski definition) is 2. The number of aliphatic hydroxyl groups excluding tert-OH is 1. The van der Waals surface area contributed by atoms with Crippen LogP contribution in [0.4, 0.5) is 10.2 Å². The number of anilines is 1. The summed E-state index contributed by atoms with van der Waals surface area (Å²) in [7, 11) is 0. The van der Waals surface area contributed by atoms with Gasteiger partial charge >= 0.3 is 0 Å². The van der Waals surface area contributed by atoms with Crippen LogP contribution >= 0.6 is 0 Å². The number of rotatable bonds is 3. The SMILES string of the molecule is Cc1cc(F)nc(NC2(CO)CCC2)c1. The van der Waals surface area contributed by atoms with Crippen molar-refractivity contribution >= 4 is 5.82 Å². The molecule has 15 heavy (non-hydrogen) atoms. The number of nitrogens with zero attached hydrogens (tertiary/aromatic N) is 1. The van der Waals surface area contributed by atoms with Gasteiger partial charge in [0.25, 0.3) is 0 Å². The maximum Gasteiger partial charge on any atom is 0.215 e. The maximum absolute atomic E-state index is 13.0. The van der Waals surface area contributed by atoms with Crippen LogP contribution in [0.5, 0.6) is 0 Å². The summed E-state index contributed by atoms with van der Waals surface area (Å²) in [5, 5.41) is 12.4. The van der Waals surface area contributed by atoms with E-state index in [4.69, 9.17) is 0 Å². The van der Waals surface area contributed by atoms with Gasteiger partial charge in [-0.1, -0.05) is 0 Å². The Labute approximate surface area is 88.3 Å². The topological polar surface area (TPSA) is 45.2 Å². The van der Waals surface area contributed by atoms with E-state index in [2.05, 4.69) is 10.3 Å². The third kappa shape index (κ3) is 2.09. The summed E-state index contributed by atoms with van der Waals surface area (Å²) >= 11 is 0. The summed E-state index contributed by atoms with van der Waals surface area (Å²) in [4.78, 5) is 3.76. The molecule has 0 saturated heterocycles. The van der Waals surface area contributed by atoms with E-state index in [1.165, 1.54) is 6.07 Å². The Morgan fingerprint density at radius 1 is 1.53 bits per heavy atom. The lowest BCUT2D eigenvalue weighted by atomic mass is 9.77. The second kappa shape index (κ2) is 3.77. The Bertz CT molecular complexity index is 338. The van der Waals surface area contributed by atoms with E-state index in [1.807, 2.05) is 6.92 Å². The monoisotopic (exact) mass is 210 g/mol. The van der Waals surface area contributed by atoms with E-state index in [-0.39, 0.29) is 12.1 Å². The molecule has 82 valence electrons. The van der Waals surface area contributed by atoms with Crippen LogP contribution in [0.15, 0.2) is 12.1 Å². The Kier molecular flexibility index (Phi) is 2.61. The standard InChI is InChI=1S/C11H15FN2O/c1-8-5-9(12)13-10(6-8)14-11(7-15)3-2-4-11/h5-6,15H,2-4,7H2,1H3,(H,13,14). The second-order valence-electron chi connectivity index (χ2n) is 4.27. The predicted molar refractivity (Wildman–Crippen MR) is 56.2 cm³/mol. The highest BCUT2D eigenvalue weighted by Gasteiger charge is 2.36. The first kappa shape index (κ1) is 10.4. The molecule has 0 aromatic carbocycles. The molecule has 2 rings (SSSR count). The average Bonchev–Trinajstić information content (AvgIpc) is 2.10. The third-order valence-corrected chi connectivity index (χ3v) is 2.94. The Balaban J connectivity index is 2.16. The lowest BCUT2D eigenvalue weighted by Gasteiger charge is -2.41. The van der Waals surface area contributed by atoms with Gasteiger partial charge in [0.1, 0.15) is 5.82 Å². The maximum atomic E-state index is 13.0. The molecule has 0 spiro atoms. The van der Waals surface area contributed by atoms with E-state index in [1.54, 1.807) is 6.07 Å². The molecule has 2 N–H and O–H groups in total. The van der Waals surface area contributed by atoms with Gasteiger partial charge in [0.05, 0.1) is 12.1 Å². The first-order chi connectivity index (χ1) is 7.13. The number of pyridine rings is 1. The highest BCUT2D eigenvalue weighted by atomic mass is 19.1. The van der Waals surface area contributed by atoms with Crippen LogP contribution < -0.4 is 5.32 Å². The fourth-order valence-corrected chi connectivity index (χ4v) is 1.89. The quantitative estimate of drug-likeness (QED) is 0.748. The molecule has 0 bridgehead atoms. The van der Waals surface area contributed by atoms with Gasteiger partial charge < -0.3 is 10.4 Å². The lowest BCUT2D eigenvalue weighted by Crippen LogP contribution is -2.48. The van der Waals surface area contributed by atoms with Crippen molar-refractivity contribution in [2.24, 2.45) is 0 Å². The largest absolute Gasteiger partial charge is 0.394 e. The van der Waals surface area contributed by atoms with E-state index >= 15 is 0 Å². The number of aryl methyl sites for hydroxylation is 1. The lowest BCUT2D eigenvalue weighted by molar-refractivity contribution is 0.143. The van der Waals surface area contributed by atoms with Crippen molar-refractivity contribution in [3.8, 4) is 0 Å². The van der Waals surface area contributed by atoms with Crippen molar-refractivity contribution in [3.05, 3.63) is 23.6 Å². The average molecular weight is 210 g/mol. The Morgan fingerprint density at radius 3 is 2.73 bits per heavy atom. The molecule has 3 nitrogen and oxygen atoms in total. The van der Waals surface area contributed by atoms with Crippen LogP contribution in [0.3, 0.4) is 0 Å². The Morgan fingerprint density at radius 2 is 2.27 bits per heavy atom. The molecular weight excluding hydrogens is 195 g/mol. The minimum atomic E-state index is -0.482. The number of hydrogen-bond acceptors (Lipinski definition) is 3. The molecule has 4 heteroatoms. The minimum Gasteiger partial charge on any atom is -0.394 e. The normalized spacial score (nSPS) is 18.3. The summed E-state index contributed by atoms with van der Waals surface area (Å²) in [5.74, 6) is 0.0335. The first-order valence-electron chi connectivity index (χ1n) is 5.17. The molecule has 1 fully saturated rings. The highest BCUT2D eigenvalue weighted by Crippen LogP contribution is 2.34. The highest BCUT2D eigenvalue weighted by molar-refractivity contribution is 5.41. The van der Waals surface area contributed by atoms with Crippen LogP contribution in [-0.4, -0.2) is 22.2 Å². The van der Waals surface area contributed by atoms with Gasteiger partial charge in [-0.25, -0.2) is 4.98 Å². The zero-order valence-corrected chi connectivity index (χ0v) is 8.76. The Hall–Kier alpha value is -1.16. The summed E-state index contributed by atoms with van der Waals surface area (Å²) in [6.07, 6.45) is 2.93. The molecule has 1 aliphatic rings. The molecule has 1 heterocycles. The number of nitrogens with one attached hydrogen (secondary N) is 1. The molecular formula is C11H15FN2O. The molecule has 1 aliphatic carbocycles. The predicted octanol–water partition coefficient (Wildman–Crippen LogP) is 1.86. The van der Waals surface area contributed by atoms with Crippen molar-refractivity contribution in [1.82, 2.24) is 4.98 Å². The molecule has 0 unspecified atom stereocenters. The van der Waals surface area contributed by atoms with Crippen LogP contribution in [0, 0.1) is 12.9 Å². The third-order valence-electron chi connectivity index (χ3n) is 2.94. The molecule has 0 aliphatic heterocycles. The van der Waals surface area contributed by atoms with Gasteiger partial charge in [0.2, 0.25) is 5.95 Å². The number of halogens is 1. The molecule has 0 radical (unpaired) electrons. The fourth-order valence-electron chi connectivity index (χ4n) is 1.89. The van der Waals surface area contributed by atoms with Gasteiger partial charge in [0.15, 0.2) is 0 Å². The van der Waals surface area contributed by atoms with Crippen molar-refractivity contribution in [3.63, 3.8) is 0 Å². The first-order valence-corrected chi connectivity index (χ1v) is 5.17. The van der Waals surface area contributed by atoms with Crippen LogP contribution in [0.2, 0.25) is 0 Å². The van der Waals surface area contributed by atoms with Crippen molar-refractivity contribution in [2.75, 3.05) is 11.9 Å². The number of aromatic nitrogens is 1. The van der Waals surface area contributed by atoms with Crippen LogP contribution in [-0.2, 0) is 0 Å². The molecule has 1 saturated carbocycles. The van der Waals surface area contributed by atoms with E-state index in [9.17, 15) is 9.50 Å². The summed E-state index contributed by atoms with van der Waals surface area (Å²) in [6, 6.07) is 3.18. The van der Waals surface area contributed by atoms with Crippen LogP contribution in [0.25, 0.3) is 0 Å². The van der Waals surface area contributed by atoms with Crippen molar-refractivity contribution in [1.29, 1.82) is 0 Å². The van der Waals surface area contributed by atoms with Gasteiger partial charge in [0, 0.05) is 0 Å². The number of aliphatic hydroxyl groups is 1. The molecule has 1 aromatic heterocycles. The minimum absolute atomic E-state index is 0.0737. The zero-order valence-electron chi connectivity index (χ0n) is 8.76. The molecule has 0 amide bonds. The van der Waals surface area contributed by atoms with E-state index in [0.717, 1.165) is 24.8 Å². The molecule has 1 aromatic rings. The van der Waals surface area contributed by atoms with Gasteiger partial charge in [-0.3, -0.25) is 0 Å². The summed E-state index contributed by atoms with van der Waals surface area (Å²) in [5.41, 5.74) is 0.560. The van der Waals surface area contributed by atoms with Crippen molar-refractivity contribution in [2.45, 2.75) is 31.7 Å². The van der Waals surface area contributed by atoms with Crippen molar-refractivity contribution < 1.29 is 9.50 Å². The zero-order chi connectivity index (χ0) is 10.9. The van der Waals surface area contributed by atoms with Gasteiger partial charge in [-0.2, -0.15) is 4.39 Å². The summed E-state index contributed by atoms with van der Waals surface area (Å²) < 4.78 is 13.0. The van der Waals surface area contributed by atoms with Gasteiger partial charge in [-0.05, 0) is 43.9 Å². The van der Waals surface area contributed by atoms with E-state index < -0.39 is 5.95 Å². The smallest absolute Gasteiger partial charge is 0.215 e.